The number of aliphatic hydroxyl groups is 3. The van der Waals surface area contributed by atoms with Gasteiger partial charge in [-0.25, -0.2) is 32.9 Å². The van der Waals surface area contributed by atoms with Gasteiger partial charge in [-0.2, -0.15) is 5.10 Å². The highest BCUT2D eigenvalue weighted by atomic mass is 32.2. The fraction of sp³-hybridized carbons (Fsp3) is 0.407. The maximum Gasteiger partial charge on any atom is 0.339 e. The summed E-state index contributed by atoms with van der Waals surface area (Å²) in [5, 5.41) is 40.5. The van der Waals surface area contributed by atoms with Gasteiger partial charge in [0.2, 0.25) is 0 Å². The predicted octanol–water partition coefficient (Wildman–Crippen LogP) is 0.0877. The van der Waals surface area contributed by atoms with Crippen molar-refractivity contribution >= 4 is 38.9 Å². The van der Waals surface area contributed by atoms with E-state index in [0.717, 1.165) is 45.1 Å². The van der Waals surface area contributed by atoms with E-state index in [1.807, 2.05) is 4.72 Å². The zero-order valence-electron chi connectivity index (χ0n) is 23.8. The number of anilines is 1. The number of methoxy groups -OCH3 is 1. The number of H-pyrrole nitrogens is 1. The number of carbonyl (C=O) groups is 2. The quantitative estimate of drug-likeness (QED) is 0.133. The molecule has 1 aliphatic heterocycles. The molecule has 1 saturated heterocycles. The molecule has 1 aliphatic carbocycles. The number of fused-ring (bicyclic) bond motifs is 1. The van der Waals surface area contributed by atoms with Crippen molar-refractivity contribution < 1.29 is 42.8 Å². The van der Waals surface area contributed by atoms with Crippen molar-refractivity contribution in [1.82, 2.24) is 34.4 Å². The van der Waals surface area contributed by atoms with E-state index in [-0.39, 0.29) is 34.3 Å². The second-order valence-corrected chi connectivity index (χ2v) is 12.3. The van der Waals surface area contributed by atoms with Crippen LogP contribution in [-0.2, 0) is 19.5 Å². The van der Waals surface area contributed by atoms with Crippen LogP contribution in [0.5, 0.6) is 0 Å². The lowest BCUT2D eigenvalue weighted by atomic mass is 10.1. The van der Waals surface area contributed by atoms with Crippen LogP contribution in [0.15, 0.2) is 41.7 Å². The second-order valence-electron chi connectivity index (χ2n) is 10.7. The van der Waals surface area contributed by atoms with Crippen LogP contribution in [0.3, 0.4) is 0 Å². The molecule has 1 aromatic carbocycles. The van der Waals surface area contributed by atoms with Crippen LogP contribution in [0.2, 0.25) is 0 Å². The van der Waals surface area contributed by atoms with Crippen molar-refractivity contribution in [3.63, 3.8) is 0 Å². The van der Waals surface area contributed by atoms with Gasteiger partial charge in [-0.15, -0.1) is 0 Å². The van der Waals surface area contributed by atoms with E-state index in [0.29, 0.717) is 11.3 Å². The molecular formula is C27H30N8O9S. The molecule has 6 rings (SSSR count). The number of nitrogens with zero attached hydrogens (tertiary/aromatic N) is 5. The minimum absolute atomic E-state index is 0.0331. The minimum atomic E-state index is -4.55. The number of esters is 1. The number of hydrogen-bond acceptors (Lipinski definition) is 14. The zero-order valence-corrected chi connectivity index (χ0v) is 24.6. The first-order valence-corrected chi connectivity index (χ1v) is 15.5. The Bertz CT molecular complexity index is 1850. The van der Waals surface area contributed by atoms with Gasteiger partial charge in [0, 0.05) is 6.04 Å². The Morgan fingerprint density at radius 2 is 1.89 bits per heavy atom. The first-order valence-electron chi connectivity index (χ1n) is 14.0. The standard InChI is InChI=1S/C27H30N8O9S/c1-43-27(40)14-8-4-5-9-17(14)45(41,42)34-25(39)15-10-29-33-18(15)22-31-23(30-13-6-2-3-7-13)19-24(32-22)35(12-28-19)26-21(38)20(37)16(11-36)44-26/h4-5,8-10,12-13,16,20-21,26,36-38H,2-3,6-7,11H2,1H3,(H,29,33)(H,34,39)(H,30,31,32). The van der Waals surface area contributed by atoms with Crippen LogP contribution in [0.25, 0.3) is 22.7 Å². The Balaban J connectivity index is 1.39. The number of ether oxygens (including phenoxy) is 2. The van der Waals surface area contributed by atoms with E-state index in [4.69, 9.17) is 4.74 Å². The number of aromatic nitrogens is 6. The van der Waals surface area contributed by atoms with Gasteiger partial charge in [0.25, 0.3) is 15.9 Å². The first kappa shape index (κ1) is 30.5. The number of sulfonamides is 1. The van der Waals surface area contributed by atoms with Gasteiger partial charge in [0.05, 0.1) is 37.4 Å². The smallest absolute Gasteiger partial charge is 0.339 e. The van der Waals surface area contributed by atoms with Crippen molar-refractivity contribution in [2.24, 2.45) is 0 Å². The Hall–Kier alpha value is -4.49. The molecule has 0 spiro atoms. The minimum Gasteiger partial charge on any atom is -0.465 e. The SMILES string of the molecule is COC(=O)c1ccccc1S(=O)(=O)NC(=O)c1cn[nH]c1-c1nc(NC2CCCC2)c2ncn(C3OC(CO)C(O)C3O)c2n1. The van der Waals surface area contributed by atoms with Crippen molar-refractivity contribution in [2.75, 3.05) is 19.0 Å². The molecule has 2 aliphatic rings. The maximum atomic E-state index is 13.4. The highest BCUT2D eigenvalue weighted by Gasteiger charge is 2.44. The fourth-order valence-electron chi connectivity index (χ4n) is 5.53. The highest BCUT2D eigenvalue weighted by molar-refractivity contribution is 7.90. The first-order chi connectivity index (χ1) is 21.6. The van der Waals surface area contributed by atoms with Gasteiger partial charge in [-0.3, -0.25) is 14.5 Å². The number of aliphatic hydroxyl groups excluding tert-OH is 3. The molecule has 4 atom stereocenters. The average molecular weight is 643 g/mol. The lowest BCUT2D eigenvalue weighted by molar-refractivity contribution is -0.0511. The van der Waals surface area contributed by atoms with Crippen molar-refractivity contribution in [2.45, 2.75) is 61.2 Å². The summed E-state index contributed by atoms with van der Waals surface area (Å²) in [5.41, 5.74) is -0.0393. The zero-order chi connectivity index (χ0) is 31.9. The monoisotopic (exact) mass is 642 g/mol. The van der Waals surface area contributed by atoms with Gasteiger partial charge < -0.3 is 30.1 Å². The number of nitrogens with one attached hydrogen (secondary N) is 3. The van der Waals surface area contributed by atoms with Gasteiger partial charge in [-0.05, 0) is 25.0 Å². The van der Waals surface area contributed by atoms with E-state index in [1.165, 1.54) is 29.1 Å². The third-order valence-electron chi connectivity index (χ3n) is 7.83. The number of imidazole rings is 1. The summed E-state index contributed by atoms with van der Waals surface area (Å²) in [6.07, 6.45) is 1.28. The van der Waals surface area contributed by atoms with Gasteiger partial charge >= 0.3 is 5.97 Å². The number of hydrogen-bond donors (Lipinski definition) is 6. The molecule has 238 valence electrons. The van der Waals surface area contributed by atoms with Crippen LogP contribution in [-0.4, -0.2) is 103 Å². The Labute approximate surface area is 255 Å². The molecule has 45 heavy (non-hydrogen) atoms. The Kier molecular flexibility index (Phi) is 8.23. The van der Waals surface area contributed by atoms with Crippen molar-refractivity contribution in [3.05, 3.63) is 47.9 Å². The second kappa shape index (κ2) is 12.1. The molecule has 1 saturated carbocycles. The summed E-state index contributed by atoms with van der Waals surface area (Å²) in [7, 11) is -3.45. The summed E-state index contributed by atoms with van der Waals surface area (Å²) in [4.78, 5) is 38.7. The van der Waals surface area contributed by atoms with Crippen LogP contribution in [0.4, 0.5) is 5.82 Å². The van der Waals surface area contributed by atoms with E-state index in [1.54, 1.807) is 0 Å². The van der Waals surface area contributed by atoms with Gasteiger partial charge in [0.15, 0.2) is 29.0 Å². The van der Waals surface area contributed by atoms with E-state index in [2.05, 4.69) is 35.2 Å². The number of benzene rings is 1. The third-order valence-corrected chi connectivity index (χ3v) is 9.21. The molecule has 4 aromatic rings. The van der Waals surface area contributed by atoms with Crippen LogP contribution in [0, 0.1) is 0 Å². The average Bonchev–Trinajstić information content (AvgIpc) is 3.85. The maximum absolute atomic E-state index is 13.4. The predicted molar refractivity (Wildman–Crippen MR) is 154 cm³/mol. The molecule has 2 fully saturated rings. The van der Waals surface area contributed by atoms with Crippen LogP contribution >= 0.6 is 0 Å². The van der Waals surface area contributed by atoms with Crippen molar-refractivity contribution in [3.8, 4) is 11.5 Å². The molecule has 0 radical (unpaired) electrons. The van der Waals surface area contributed by atoms with Gasteiger partial charge in [0.1, 0.15) is 28.9 Å². The summed E-state index contributed by atoms with van der Waals surface area (Å²) >= 11 is 0. The van der Waals surface area contributed by atoms with E-state index >= 15 is 0 Å². The van der Waals surface area contributed by atoms with Crippen LogP contribution in [0.1, 0.15) is 52.6 Å². The highest BCUT2D eigenvalue weighted by Crippen LogP contribution is 2.34. The van der Waals surface area contributed by atoms with E-state index in [9.17, 15) is 33.3 Å². The lowest BCUT2D eigenvalue weighted by Crippen LogP contribution is -2.33. The molecule has 1 amide bonds. The van der Waals surface area contributed by atoms with Gasteiger partial charge in [-0.1, -0.05) is 25.0 Å². The summed E-state index contributed by atoms with van der Waals surface area (Å²) in [6.45, 7) is -0.532. The lowest BCUT2D eigenvalue weighted by Gasteiger charge is -2.18. The largest absolute Gasteiger partial charge is 0.465 e. The van der Waals surface area contributed by atoms with Crippen LogP contribution < -0.4 is 10.0 Å². The third kappa shape index (κ3) is 5.61. The molecule has 18 heteroatoms. The topological polar surface area (TPSA) is 244 Å². The summed E-state index contributed by atoms with van der Waals surface area (Å²) < 4.78 is 40.1. The molecule has 0 bridgehead atoms. The molecule has 4 heterocycles. The number of carbonyl (C=O) groups excluding carboxylic acids is 2. The van der Waals surface area contributed by atoms with Crippen molar-refractivity contribution in [1.29, 1.82) is 0 Å². The Morgan fingerprint density at radius 3 is 2.60 bits per heavy atom. The van der Waals surface area contributed by atoms with E-state index < -0.39 is 57.9 Å². The number of amides is 1. The normalized spacial score (nSPS) is 22.1. The molecule has 6 N–H and O–H groups in total. The number of rotatable bonds is 9. The molecule has 17 nitrogen and oxygen atoms in total. The summed E-state index contributed by atoms with van der Waals surface area (Å²) in [6, 6.07) is 5.35. The number of aromatic amines is 1. The fourth-order valence-corrected chi connectivity index (χ4v) is 6.69. The summed E-state index contributed by atoms with van der Waals surface area (Å²) in [5.74, 6) is -1.73. The molecule has 4 unspecified atom stereocenters. The molecule has 3 aromatic heterocycles. The Morgan fingerprint density at radius 1 is 1.13 bits per heavy atom. The molecular weight excluding hydrogens is 612 g/mol.